The number of carbonyl (C=O) groups is 1. The van der Waals surface area contributed by atoms with E-state index in [-0.39, 0.29) is 9.92 Å². The average molecular weight is 337 g/mol. The normalized spacial score (nSPS) is 12.3. The molecule has 0 radical (unpaired) electrons. The Hall–Kier alpha value is -1.06. The molecule has 0 unspecified atom stereocenters. The number of pyridine rings is 1. The molecule has 0 aliphatic rings. The number of hydrogen-bond acceptors (Lipinski definition) is 4. The molecule has 1 aromatic rings. The number of amides is 1. The lowest BCUT2D eigenvalue weighted by Gasteiger charge is -2.19. The van der Waals surface area contributed by atoms with Gasteiger partial charge in [0.1, 0.15) is 4.90 Å². The molecular formula is C8H5Cl2F3N2O3S. The van der Waals surface area contributed by atoms with Gasteiger partial charge in [-0.2, -0.15) is 13.2 Å². The maximum atomic E-state index is 12.3. The van der Waals surface area contributed by atoms with Crippen molar-refractivity contribution in [1.29, 1.82) is 0 Å². The summed E-state index contributed by atoms with van der Waals surface area (Å²) in [6.07, 6.45) is -4.29. The highest BCUT2D eigenvalue weighted by Gasteiger charge is 2.43. The van der Waals surface area contributed by atoms with E-state index in [1.165, 1.54) is 0 Å². The van der Waals surface area contributed by atoms with Gasteiger partial charge in [-0.3, -0.25) is 9.69 Å². The van der Waals surface area contributed by atoms with Gasteiger partial charge in [0.2, 0.25) is 0 Å². The van der Waals surface area contributed by atoms with Gasteiger partial charge in [0.05, 0.1) is 5.02 Å². The lowest BCUT2D eigenvalue weighted by atomic mass is 10.4. The molecule has 1 amide bonds. The molecule has 0 spiro atoms. The number of nitrogens with zero attached hydrogens (tertiary/aromatic N) is 2. The zero-order chi connectivity index (χ0) is 15.0. The molecule has 0 fully saturated rings. The minimum atomic E-state index is -5.18. The first-order valence-electron chi connectivity index (χ1n) is 4.39. The summed E-state index contributed by atoms with van der Waals surface area (Å²) in [5.74, 6) is -3.05. The molecule has 0 saturated heterocycles. The van der Waals surface area contributed by atoms with Crippen LogP contribution in [0, 0.1) is 0 Å². The topological polar surface area (TPSA) is 67.3 Å². The molecule has 5 nitrogen and oxygen atoms in total. The van der Waals surface area contributed by atoms with E-state index in [1.807, 2.05) is 0 Å². The van der Waals surface area contributed by atoms with Gasteiger partial charge < -0.3 is 0 Å². The summed E-state index contributed by atoms with van der Waals surface area (Å²) in [7, 11) is 1.36. The van der Waals surface area contributed by atoms with Crippen LogP contribution in [0.5, 0.6) is 0 Å². The van der Waals surface area contributed by atoms with Crippen LogP contribution in [0.2, 0.25) is 5.02 Å². The minimum Gasteiger partial charge on any atom is -0.291 e. The van der Waals surface area contributed by atoms with Crippen molar-refractivity contribution in [3.63, 3.8) is 0 Å². The van der Waals surface area contributed by atoms with E-state index in [1.54, 1.807) is 0 Å². The van der Waals surface area contributed by atoms with Crippen molar-refractivity contribution in [3.05, 3.63) is 17.3 Å². The third kappa shape index (κ3) is 3.71. The molecule has 0 atom stereocenters. The van der Waals surface area contributed by atoms with Gasteiger partial charge in [0.15, 0.2) is 5.82 Å². The number of aromatic nitrogens is 1. The highest BCUT2D eigenvalue weighted by atomic mass is 35.7. The summed E-state index contributed by atoms with van der Waals surface area (Å²) in [6, 6.07) is 0.798. The van der Waals surface area contributed by atoms with E-state index in [0.717, 1.165) is 19.3 Å². The van der Waals surface area contributed by atoms with Gasteiger partial charge in [-0.15, -0.1) is 0 Å². The van der Waals surface area contributed by atoms with E-state index in [9.17, 15) is 26.4 Å². The minimum absolute atomic E-state index is 0.0333. The van der Waals surface area contributed by atoms with Crippen molar-refractivity contribution in [1.82, 2.24) is 4.98 Å². The Balaban J connectivity index is 3.40. The Morgan fingerprint density at radius 3 is 2.37 bits per heavy atom. The second-order valence-electron chi connectivity index (χ2n) is 3.28. The molecule has 0 saturated carbocycles. The van der Waals surface area contributed by atoms with Crippen LogP contribution >= 0.6 is 22.3 Å². The number of alkyl halides is 3. The standard InChI is InChI=1S/C8H5Cl2F3N2O3S/c1-15(7(16)8(11,12)13)6-5(19(10,17)18)2-4(9)3-14-6/h2-3H,1H3. The van der Waals surface area contributed by atoms with Crippen LogP contribution in [0.15, 0.2) is 17.2 Å². The highest BCUT2D eigenvalue weighted by Crippen LogP contribution is 2.30. The van der Waals surface area contributed by atoms with Crippen molar-refractivity contribution in [3.8, 4) is 0 Å². The first-order chi connectivity index (χ1) is 8.44. The molecule has 1 heterocycles. The van der Waals surface area contributed by atoms with Gasteiger partial charge in [-0.1, -0.05) is 11.6 Å². The Bertz CT molecular complexity index is 618. The third-order valence-corrected chi connectivity index (χ3v) is 3.46. The smallest absolute Gasteiger partial charge is 0.291 e. The van der Waals surface area contributed by atoms with Crippen LogP contribution in [-0.2, 0) is 13.8 Å². The summed E-state index contributed by atoms with van der Waals surface area (Å²) in [6.45, 7) is 0. The zero-order valence-electron chi connectivity index (χ0n) is 9.07. The van der Waals surface area contributed by atoms with E-state index < -0.39 is 31.8 Å². The zero-order valence-corrected chi connectivity index (χ0v) is 11.4. The van der Waals surface area contributed by atoms with Crippen LogP contribution in [0.4, 0.5) is 19.0 Å². The Morgan fingerprint density at radius 2 is 1.95 bits per heavy atom. The highest BCUT2D eigenvalue weighted by molar-refractivity contribution is 8.13. The Labute approximate surface area is 115 Å². The van der Waals surface area contributed by atoms with Crippen LogP contribution < -0.4 is 4.90 Å². The van der Waals surface area contributed by atoms with Gasteiger partial charge in [0.25, 0.3) is 9.05 Å². The lowest BCUT2D eigenvalue weighted by Crippen LogP contribution is -2.39. The molecular weight excluding hydrogens is 332 g/mol. The number of anilines is 1. The molecule has 0 aromatic carbocycles. The maximum Gasteiger partial charge on any atom is 0.471 e. The van der Waals surface area contributed by atoms with Gasteiger partial charge in [-0.05, 0) is 6.07 Å². The van der Waals surface area contributed by atoms with Gasteiger partial charge in [0, 0.05) is 23.9 Å². The van der Waals surface area contributed by atoms with Gasteiger partial charge >= 0.3 is 12.1 Å². The first-order valence-corrected chi connectivity index (χ1v) is 7.08. The van der Waals surface area contributed by atoms with Crippen molar-refractivity contribution in [2.45, 2.75) is 11.1 Å². The molecule has 0 aliphatic heterocycles. The Kier molecular flexibility index (Phi) is 4.33. The molecule has 1 rings (SSSR count). The largest absolute Gasteiger partial charge is 0.471 e. The van der Waals surface area contributed by atoms with Gasteiger partial charge in [-0.25, -0.2) is 13.4 Å². The van der Waals surface area contributed by atoms with E-state index >= 15 is 0 Å². The second-order valence-corrected chi connectivity index (χ2v) is 6.25. The fraction of sp³-hybridized carbons (Fsp3) is 0.250. The maximum absolute atomic E-state index is 12.3. The fourth-order valence-corrected chi connectivity index (χ4v) is 2.37. The third-order valence-electron chi connectivity index (χ3n) is 1.93. The number of carbonyl (C=O) groups excluding carboxylic acids is 1. The fourth-order valence-electron chi connectivity index (χ4n) is 1.13. The number of halogens is 5. The van der Waals surface area contributed by atoms with E-state index in [0.29, 0.717) is 0 Å². The second kappa shape index (κ2) is 5.14. The van der Waals surface area contributed by atoms with Crippen LogP contribution in [0.25, 0.3) is 0 Å². The molecule has 11 heteroatoms. The molecule has 0 N–H and O–H groups in total. The SMILES string of the molecule is CN(C(=O)C(F)(F)F)c1ncc(Cl)cc1S(=O)(=O)Cl. The molecule has 19 heavy (non-hydrogen) atoms. The quantitative estimate of drug-likeness (QED) is 0.776. The van der Waals surface area contributed by atoms with Crippen molar-refractivity contribution in [2.75, 3.05) is 11.9 Å². The van der Waals surface area contributed by atoms with Crippen LogP contribution in [0.3, 0.4) is 0 Å². The molecule has 0 bridgehead atoms. The predicted octanol–water partition coefficient (Wildman–Crippen LogP) is 2.19. The summed E-state index contributed by atoms with van der Waals surface area (Å²) in [4.78, 5) is 13.7. The van der Waals surface area contributed by atoms with Crippen molar-refractivity contribution in [2.24, 2.45) is 0 Å². The number of hydrogen-bond donors (Lipinski definition) is 0. The Morgan fingerprint density at radius 1 is 1.42 bits per heavy atom. The van der Waals surface area contributed by atoms with Crippen LogP contribution in [0.1, 0.15) is 0 Å². The summed E-state index contributed by atoms with van der Waals surface area (Å²) >= 11 is 5.49. The predicted molar refractivity (Wildman–Crippen MR) is 61.8 cm³/mol. The molecule has 0 aliphatic carbocycles. The van der Waals surface area contributed by atoms with Crippen molar-refractivity contribution >= 4 is 43.1 Å². The monoisotopic (exact) mass is 336 g/mol. The van der Waals surface area contributed by atoms with E-state index in [2.05, 4.69) is 4.98 Å². The van der Waals surface area contributed by atoms with Crippen LogP contribution in [-0.4, -0.2) is 32.5 Å². The van der Waals surface area contributed by atoms with Crippen molar-refractivity contribution < 1.29 is 26.4 Å². The lowest BCUT2D eigenvalue weighted by molar-refractivity contribution is -0.170. The average Bonchev–Trinajstić information content (AvgIpc) is 2.24. The summed E-state index contributed by atoms with van der Waals surface area (Å²) in [5, 5.41) is -0.157. The summed E-state index contributed by atoms with van der Waals surface area (Å²) < 4.78 is 59.3. The first kappa shape index (κ1) is 16.0. The molecule has 1 aromatic heterocycles. The summed E-state index contributed by atoms with van der Waals surface area (Å²) in [5.41, 5.74) is 0. The number of rotatable bonds is 2. The molecule has 106 valence electrons. The van der Waals surface area contributed by atoms with E-state index in [4.69, 9.17) is 22.3 Å².